The fraction of sp³-hybridized carbons (Fsp3) is 0. The molecule has 4 rings (SSSR count). The molecular formula is C16H9N5. The topological polar surface area (TPSA) is 66.9 Å². The molecule has 4 aromatic rings. The van der Waals surface area contributed by atoms with Crippen molar-refractivity contribution in [3.8, 4) is 17.5 Å². The minimum absolute atomic E-state index is 0.570. The van der Waals surface area contributed by atoms with Crippen molar-refractivity contribution in [2.45, 2.75) is 0 Å². The number of nitriles is 1. The van der Waals surface area contributed by atoms with Crippen LogP contribution in [0.25, 0.3) is 27.9 Å². The van der Waals surface area contributed by atoms with Crippen LogP contribution >= 0.6 is 0 Å². The maximum absolute atomic E-state index is 8.95. The van der Waals surface area contributed by atoms with Crippen LogP contribution in [0.4, 0.5) is 0 Å². The van der Waals surface area contributed by atoms with E-state index in [1.165, 1.54) is 0 Å². The largest absolute Gasteiger partial charge is 0.282 e. The summed E-state index contributed by atoms with van der Waals surface area (Å²) in [4.78, 5) is 4.36. The Hall–Kier alpha value is -3.26. The zero-order valence-corrected chi connectivity index (χ0v) is 10.9. The van der Waals surface area contributed by atoms with Gasteiger partial charge in [0.2, 0.25) is 0 Å². The predicted molar refractivity (Wildman–Crippen MR) is 78.4 cm³/mol. The highest BCUT2D eigenvalue weighted by atomic mass is 15.2. The summed E-state index contributed by atoms with van der Waals surface area (Å²) in [5.74, 6) is 0.744. The first-order chi connectivity index (χ1) is 10.4. The number of rotatable bonds is 1. The van der Waals surface area contributed by atoms with Gasteiger partial charge in [-0.3, -0.25) is 9.38 Å². The molecule has 5 heteroatoms. The van der Waals surface area contributed by atoms with E-state index in [0.717, 1.165) is 22.3 Å². The first-order valence-corrected chi connectivity index (χ1v) is 6.46. The second-order valence-electron chi connectivity index (χ2n) is 4.65. The third kappa shape index (κ3) is 1.74. The predicted octanol–water partition coefficient (Wildman–Crippen LogP) is 2.82. The Morgan fingerprint density at radius 1 is 1.05 bits per heavy atom. The lowest BCUT2D eigenvalue weighted by atomic mass is 10.1. The molecule has 0 fully saturated rings. The van der Waals surface area contributed by atoms with E-state index in [1.54, 1.807) is 18.3 Å². The van der Waals surface area contributed by atoms with Crippen molar-refractivity contribution in [3.05, 3.63) is 60.4 Å². The normalized spacial score (nSPS) is 10.8. The Morgan fingerprint density at radius 3 is 2.90 bits per heavy atom. The second-order valence-corrected chi connectivity index (χ2v) is 4.65. The lowest BCUT2D eigenvalue weighted by Gasteiger charge is -2.04. The molecule has 21 heavy (non-hydrogen) atoms. The van der Waals surface area contributed by atoms with Crippen LogP contribution in [0, 0.1) is 11.3 Å². The minimum atomic E-state index is 0.570. The van der Waals surface area contributed by atoms with Gasteiger partial charge in [-0.2, -0.15) is 5.26 Å². The molecule has 0 saturated heterocycles. The van der Waals surface area contributed by atoms with Crippen LogP contribution in [0.15, 0.2) is 54.9 Å². The minimum Gasteiger partial charge on any atom is -0.282 e. The molecule has 0 unspecified atom stereocenters. The standard InChI is InChI=1S/C16H9N5/c17-10-11-6-8-21-15(9-11)19-20-16(21)13-3-1-5-14-12(13)4-2-7-18-14/h1-9H. The number of pyridine rings is 2. The molecule has 0 amide bonds. The first kappa shape index (κ1) is 11.6. The van der Waals surface area contributed by atoms with Crippen molar-refractivity contribution in [1.82, 2.24) is 19.6 Å². The van der Waals surface area contributed by atoms with Gasteiger partial charge in [-0.25, -0.2) is 0 Å². The van der Waals surface area contributed by atoms with Gasteiger partial charge in [0.25, 0.3) is 0 Å². The van der Waals surface area contributed by atoms with Gasteiger partial charge in [-0.15, -0.1) is 10.2 Å². The van der Waals surface area contributed by atoms with Crippen LogP contribution in [-0.4, -0.2) is 19.6 Å². The molecule has 0 aliphatic rings. The lowest BCUT2D eigenvalue weighted by molar-refractivity contribution is 1.11. The van der Waals surface area contributed by atoms with Crippen LogP contribution in [-0.2, 0) is 0 Å². The number of benzene rings is 1. The number of hydrogen-bond acceptors (Lipinski definition) is 4. The number of nitrogens with zero attached hydrogens (tertiary/aromatic N) is 5. The molecule has 0 aliphatic heterocycles. The zero-order valence-electron chi connectivity index (χ0n) is 10.9. The van der Waals surface area contributed by atoms with Crippen LogP contribution in [0.3, 0.4) is 0 Å². The Labute approximate surface area is 120 Å². The smallest absolute Gasteiger partial charge is 0.169 e. The highest BCUT2D eigenvalue weighted by Crippen LogP contribution is 2.26. The fourth-order valence-electron chi connectivity index (χ4n) is 2.44. The summed E-state index contributed by atoms with van der Waals surface area (Å²) in [5, 5.41) is 18.4. The van der Waals surface area contributed by atoms with Crippen molar-refractivity contribution in [3.63, 3.8) is 0 Å². The molecule has 5 nitrogen and oxygen atoms in total. The summed E-state index contributed by atoms with van der Waals surface area (Å²) in [6.45, 7) is 0. The van der Waals surface area contributed by atoms with Crippen LogP contribution in [0.5, 0.6) is 0 Å². The van der Waals surface area contributed by atoms with Gasteiger partial charge >= 0.3 is 0 Å². The monoisotopic (exact) mass is 271 g/mol. The fourth-order valence-corrected chi connectivity index (χ4v) is 2.44. The Morgan fingerprint density at radius 2 is 2.00 bits per heavy atom. The maximum Gasteiger partial charge on any atom is 0.169 e. The molecule has 0 N–H and O–H groups in total. The van der Waals surface area contributed by atoms with E-state index in [1.807, 2.05) is 40.9 Å². The maximum atomic E-state index is 8.95. The Balaban J connectivity index is 2.03. The summed E-state index contributed by atoms with van der Waals surface area (Å²) in [7, 11) is 0. The van der Waals surface area contributed by atoms with Crippen molar-refractivity contribution in [2.75, 3.05) is 0 Å². The average Bonchev–Trinajstić information content (AvgIpc) is 2.97. The van der Waals surface area contributed by atoms with Gasteiger partial charge in [-0.1, -0.05) is 18.2 Å². The van der Waals surface area contributed by atoms with Gasteiger partial charge in [0.1, 0.15) is 0 Å². The third-order valence-corrected chi connectivity index (χ3v) is 3.43. The average molecular weight is 271 g/mol. The van der Waals surface area contributed by atoms with Gasteiger partial charge in [0, 0.05) is 29.4 Å². The van der Waals surface area contributed by atoms with Gasteiger partial charge in [0.05, 0.1) is 17.1 Å². The Kier molecular flexibility index (Phi) is 2.42. The SMILES string of the molecule is N#Cc1ccn2c(-c3cccc4ncccc34)nnc2c1. The summed E-state index contributed by atoms with van der Waals surface area (Å²) in [6, 6.07) is 15.4. The van der Waals surface area contributed by atoms with Crippen LogP contribution in [0.1, 0.15) is 5.56 Å². The molecule has 3 heterocycles. The molecule has 3 aromatic heterocycles. The third-order valence-electron chi connectivity index (χ3n) is 3.43. The van der Waals surface area contributed by atoms with E-state index < -0.39 is 0 Å². The van der Waals surface area contributed by atoms with Crippen molar-refractivity contribution < 1.29 is 0 Å². The Bertz CT molecular complexity index is 1000. The van der Waals surface area contributed by atoms with E-state index in [0.29, 0.717) is 11.2 Å². The van der Waals surface area contributed by atoms with Crippen molar-refractivity contribution in [2.24, 2.45) is 0 Å². The van der Waals surface area contributed by atoms with Crippen LogP contribution in [0.2, 0.25) is 0 Å². The molecule has 0 spiro atoms. The molecule has 1 aromatic carbocycles. The molecule has 0 saturated carbocycles. The van der Waals surface area contributed by atoms with E-state index >= 15 is 0 Å². The first-order valence-electron chi connectivity index (χ1n) is 6.46. The summed E-state index contributed by atoms with van der Waals surface area (Å²) in [6.07, 6.45) is 3.59. The van der Waals surface area contributed by atoms with Gasteiger partial charge < -0.3 is 0 Å². The number of aromatic nitrogens is 4. The second kappa shape index (κ2) is 4.39. The zero-order chi connectivity index (χ0) is 14.2. The van der Waals surface area contributed by atoms with Crippen molar-refractivity contribution in [1.29, 1.82) is 5.26 Å². The summed E-state index contributed by atoms with van der Waals surface area (Å²) >= 11 is 0. The summed E-state index contributed by atoms with van der Waals surface area (Å²) in [5.41, 5.74) is 3.11. The molecule has 0 radical (unpaired) electrons. The van der Waals surface area contributed by atoms with Gasteiger partial charge in [0.15, 0.2) is 11.5 Å². The molecular weight excluding hydrogens is 262 g/mol. The number of hydrogen-bond donors (Lipinski definition) is 0. The molecule has 0 bridgehead atoms. The van der Waals surface area contributed by atoms with E-state index in [-0.39, 0.29) is 0 Å². The van der Waals surface area contributed by atoms with E-state index in [9.17, 15) is 0 Å². The van der Waals surface area contributed by atoms with Crippen LogP contribution < -0.4 is 0 Å². The molecule has 0 atom stereocenters. The highest BCUT2D eigenvalue weighted by Gasteiger charge is 2.11. The van der Waals surface area contributed by atoms with E-state index in [4.69, 9.17) is 5.26 Å². The molecule has 98 valence electrons. The van der Waals surface area contributed by atoms with E-state index in [2.05, 4.69) is 21.3 Å². The molecule has 0 aliphatic carbocycles. The van der Waals surface area contributed by atoms with Crippen molar-refractivity contribution >= 4 is 16.6 Å². The summed E-state index contributed by atoms with van der Waals surface area (Å²) < 4.78 is 1.88. The number of fused-ring (bicyclic) bond motifs is 2. The highest BCUT2D eigenvalue weighted by molar-refractivity contribution is 5.93. The lowest BCUT2D eigenvalue weighted by Crippen LogP contribution is -1.91. The van der Waals surface area contributed by atoms with Gasteiger partial charge in [-0.05, 0) is 18.2 Å². The quantitative estimate of drug-likeness (QED) is 0.534.